The zero-order valence-corrected chi connectivity index (χ0v) is 25.4. The van der Waals surface area contributed by atoms with Crippen molar-refractivity contribution >= 4 is 27.5 Å². The summed E-state index contributed by atoms with van der Waals surface area (Å²) in [5.74, 6) is -0.340. The van der Waals surface area contributed by atoms with Crippen LogP contribution in [0.2, 0.25) is 0 Å². The van der Waals surface area contributed by atoms with E-state index in [0.29, 0.717) is 30.8 Å². The molecule has 8 rings (SSSR count). The van der Waals surface area contributed by atoms with Gasteiger partial charge in [-0.1, -0.05) is 12.0 Å². The molecule has 3 N–H and O–H groups in total. The number of nitrogens with zero attached hydrogens (tertiary/aromatic N) is 4. The second-order valence-corrected chi connectivity index (χ2v) is 13.5. The van der Waals surface area contributed by atoms with Crippen LogP contribution >= 0.6 is 0 Å². The molecule has 47 heavy (non-hydrogen) atoms. The number of fused-ring (bicyclic) bond motifs is 4. The van der Waals surface area contributed by atoms with Crippen LogP contribution in [-0.2, 0) is 0 Å². The van der Waals surface area contributed by atoms with Gasteiger partial charge in [0.25, 0.3) is 0 Å². The smallest absolute Gasteiger partial charge is 0.319 e. The fourth-order valence-electron chi connectivity index (χ4n) is 7.61. The summed E-state index contributed by atoms with van der Waals surface area (Å²) in [6.07, 6.45) is 6.96. The molecule has 3 aliphatic heterocycles. The highest BCUT2D eigenvalue weighted by Gasteiger charge is 2.47. The van der Waals surface area contributed by atoms with Crippen LogP contribution in [0.15, 0.2) is 30.3 Å². The molecule has 0 spiro atoms. The number of phenolic OH excluding ortho intramolecular Hbond substituents is 1. The summed E-state index contributed by atoms with van der Waals surface area (Å²) in [7, 11) is 0. The Bertz CT molecular complexity index is 1940. The topological polar surface area (TPSA) is 94.0 Å². The van der Waals surface area contributed by atoms with Gasteiger partial charge in [0.2, 0.25) is 0 Å². The van der Waals surface area contributed by atoms with E-state index in [1.54, 1.807) is 0 Å². The lowest BCUT2D eigenvalue weighted by Crippen LogP contribution is -2.51. The lowest BCUT2D eigenvalue weighted by Gasteiger charge is -2.34. The third-order valence-corrected chi connectivity index (χ3v) is 10.1. The van der Waals surface area contributed by atoms with Gasteiger partial charge in [0.15, 0.2) is 5.82 Å². The van der Waals surface area contributed by atoms with Crippen LogP contribution in [0.3, 0.4) is 0 Å². The average molecular weight is 648 g/mol. The fourth-order valence-corrected chi connectivity index (χ4v) is 7.61. The maximum absolute atomic E-state index is 16.8. The second-order valence-electron chi connectivity index (χ2n) is 13.5. The number of piperazine rings is 1. The third kappa shape index (κ3) is 5.30. The number of likely N-dealkylation sites (tertiary alicyclic amines) is 1. The monoisotopic (exact) mass is 647 g/mol. The lowest BCUT2D eigenvalue weighted by molar-refractivity contribution is 0.113. The van der Waals surface area contributed by atoms with Crippen LogP contribution in [0, 0.1) is 35.2 Å². The van der Waals surface area contributed by atoms with E-state index in [9.17, 15) is 19.0 Å². The molecule has 2 unspecified atom stereocenters. The predicted molar refractivity (Wildman–Crippen MR) is 169 cm³/mol. The number of alkyl halides is 1. The normalized spacial score (nSPS) is 25.1. The number of hydrogen-bond donors (Lipinski definition) is 3. The summed E-state index contributed by atoms with van der Waals surface area (Å²) >= 11 is 0. The van der Waals surface area contributed by atoms with Crippen molar-refractivity contribution in [2.24, 2.45) is 5.41 Å². The second kappa shape index (κ2) is 11.2. The van der Waals surface area contributed by atoms with Gasteiger partial charge in [-0.05, 0) is 55.3 Å². The molecular formula is C35H33F4N5O3. The number of hydrogen-bond acceptors (Lipinski definition) is 8. The van der Waals surface area contributed by atoms with Crippen molar-refractivity contribution in [1.29, 1.82) is 0 Å². The quantitative estimate of drug-likeness (QED) is 0.197. The number of β-amino-alcohol motifs (C(OH)–C–C–N with tert-alkyl or cyclic N) is 1. The number of benzene rings is 3. The number of rotatable bonds is 7. The number of aliphatic hydroxyl groups is 1. The minimum Gasteiger partial charge on any atom is -0.508 e. The van der Waals surface area contributed by atoms with Crippen LogP contribution in [0.25, 0.3) is 32.8 Å². The van der Waals surface area contributed by atoms with Gasteiger partial charge in [0.1, 0.15) is 34.9 Å². The van der Waals surface area contributed by atoms with E-state index in [1.165, 1.54) is 18.2 Å². The fraction of sp³-hybridized carbons (Fsp3) is 0.429. The first-order valence-electron chi connectivity index (χ1n) is 15.9. The Morgan fingerprint density at radius 3 is 2.47 bits per heavy atom. The molecule has 4 aliphatic rings. The summed E-state index contributed by atoms with van der Waals surface area (Å²) in [5.41, 5.74) is -1.26. The molecule has 4 aromatic rings. The van der Waals surface area contributed by atoms with Crippen LogP contribution in [0.1, 0.15) is 31.2 Å². The maximum atomic E-state index is 16.8. The Labute approximate surface area is 268 Å². The van der Waals surface area contributed by atoms with Crippen LogP contribution in [0.5, 0.6) is 11.8 Å². The summed E-state index contributed by atoms with van der Waals surface area (Å²) in [6, 6.07) is 6.56. The molecule has 0 radical (unpaired) electrons. The van der Waals surface area contributed by atoms with Crippen LogP contribution in [0.4, 0.5) is 23.4 Å². The zero-order chi connectivity index (χ0) is 32.6. The number of nitrogens with one attached hydrogen (secondary N) is 1. The van der Waals surface area contributed by atoms with Crippen molar-refractivity contribution in [3.8, 4) is 35.2 Å². The van der Waals surface area contributed by atoms with Gasteiger partial charge in [-0.2, -0.15) is 9.97 Å². The third-order valence-electron chi connectivity index (χ3n) is 10.1. The number of terminal acetylenes is 1. The van der Waals surface area contributed by atoms with Gasteiger partial charge in [-0.25, -0.2) is 17.6 Å². The van der Waals surface area contributed by atoms with Crippen molar-refractivity contribution in [1.82, 2.24) is 20.2 Å². The summed E-state index contributed by atoms with van der Waals surface area (Å²) < 4.78 is 68.0. The molecule has 8 nitrogen and oxygen atoms in total. The molecule has 4 fully saturated rings. The highest BCUT2D eigenvalue weighted by molar-refractivity contribution is 6.04. The Kier molecular flexibility index (Phi) is 7.20. The Morgan fingerprint density at radius 1 is 1.02 bits per heavy atom. The highest BCUT2D eigenvalue weighted by atomic mass is 19.1. The van der Waals surface area contributed by atoms with E-state index < -0.39 is 35.3 Å². The molecule has 3 aromatic carbocycles. The molecule has 1 saturated carbocycles. The number of ether oxygens (including phenoxy) is 1. The van der Waals surface area contributed by atoms with Crippen LogP contribution < -0.4 is 15.0 Å². The van der Waals surface area contributed by atoms with Gasteiger partial charge >= 0.3 is 6.01 Å². The van der Waals surface area contributed by atoms with E-state index >= 15 is 8.78 Å². The van der Waals surface area contributed by atoms with E-state index in [0.717, 1.165) is 37.8 Å². The number of anilines is 1. The van der Waals surface area contributed by atoms with E-state index in [2.05, 4.69) is 16.2 Å². The van der Waals surface area contributed by atoms with Crippen LogP contribution in [-0.4, -0.2) is 88.8 Å². The number of aliphatic hydroxyl groups excluding tert-OH is 1. The van der Waals surface area contributed by atoms with E-state index in [4.69, 9.17) is 16.1 Å². The molecule has 1 aliphatic carbocycles. The zero-order valence-electron chi connectivity index (χ0n) is 25.4. The number of aromatic nitrogens is 2. The number of halogens is 4. The average Bonchev–Trinajstić information content (AvgIpc) is 3.62. The SMILES string of the molecule is C#Cc1c(F)ccc2cc(O)cc(-c3c(F)cc4c(N5CC6CCC(C5)N6)nc(OCC5(CN6C[C@@H](F)[C@@H](O)C6)CC5)nc4c3F)c12. The van der Waals surface area contributed by atoms with Crippen molar-refractivity contribution in [2.45, 2.75) is 50.0 Å². The first-order valence-corrected chi connectivity index (χ1v) is 15.9. The molecule has 12 heteroatoms. The van der Waals surface area contributed by atoms with Crippen molar-refractivity contribution in [3.63, 3.8) is 0 Å². The minimum atomic E-state index is -1.29. The van der Waals surface area contributed by atoms with Gasteiger partial charge in [0, 0.05) is 66.6 Å². The van der Waals surface area contributed by atoms with E-state index in [1.807, 2.05) is 9.80 Å². The molecule has 4 heterocycles. The molecule has 4 atom stereocenters. The van der Waals surface area contributed by atoms with Crippen molar-refractivity contribution in [3.05, 3.63) is 53.3 Å². The van der Waals surface area contributed by atoms with Gasteiger partial charge in [-0.15, -0.1) is 6.42 Å². The molecule has 1 aromatic heterocycles. The van der Waals surface area contributed by atoms with E-state index in [-0.39, 0.29) is 76.4 Å². The predicted octanol–water partition coefficient (Wildman–Crippen LogP) is 4.67. The summed E-state index contributed by atoms with van der Waals surface area (Å²) in [6.45, 7) is 2.31. The standard InChI is InChI=1S/C35H33F4N5O3/c1-2-22-25(36)6-3-18-9-21(45)10-23(29(18)22)30-26(37)11-24-32(31(30)39)41-34(42-33(24)44-12-19-4-5-20(13-44)40-19)47-17-35(7-8-35)16-43-14-27(38)28(46)15-43/h1,3,6,9-11,19-20,27-28,40,45-46H,4-5,7-8,12-17H2/t19?,20?,27-,28+/m1/s1. The lowest BCUT2D eigenvalue weighted by atomic mass is 9.92. The highest BCUT2D eigenvalue weighted by Crippen LogP contribution is 2.47. The Hall–Kier alpha value is -4.18. The van der Waals surface area contributed by atoms with Crippen molar-refractivity contribution in [2.75, 3.05) is 44.2 Å². The molecular weight excluding hydrogens is 614 g/mol. The Balaban J connectivity index is 1.23. The Morgan fingerprint density at radius 2 is 1.79 bits per heavy atom. The molecule has 0 amide bonds. The first kappa shape index (κ1) is 30.2. The van der Waals surface area contributed by atoms with Crippen molar-refractivity contribution < 1.29 is 32.5 Å². The maximum Gasteiger partial charge on any atom is 0.319 e. The number of phenols is 1. The summed E-state index contributed by atoms with van der Waals surface area (Å²) in [4.78, 5) is 13.0. The summed E-state index contributed by atoms with van der Waals surface area (Å²) in [5, 5.41) is 24.5. The molecule has 2 bridgehead atoms. The molecule has 3 saturated heterocycles. The van der Waals surface area contributed by atoms with Gasteiger partial charge in [-0.3, -0.25) is 4.90 Å². The molecule has 244 valence electrons. The number of aromatic hydroxyl groups is 1. The largest absolute Gasteiger partial charge is 0.508 e. The van der Waals surface area contributed by atoms with Gasteiger partial charge in [0.05, 0.1) is 23.8 Å². The first-order chi connectivity index (χ1) is 22.6. The van der Waals surface area contributed by atoms with Gasteiger partial charge < -0.3 is 25.2 Å². The minimum absolute atomic E-state index is 0.0814.